The molecule has 0 amide bonds. The largest absolute Gasteiger partial charge is 0.330 e. The van der Waals surface area contributed by atoms with Gasteiger partial charge in [-0.3, -0.25) is 9.78 Å². The number of para-hydroxylation sites is 1. The van der Waals surface area contributed by atoms with Crippen molar-refractivity contribution in [2.75, 3.05) is 6.54 Å². The average molecular weight is 352 g/mol. The average Bonchev–Trinajstić information content (AvgIpc) is 3.04. The number of hydrogen-bond donors (Lipinski definition) is 1. The van der Waals surface area contributed by atoms with Gasteiger partial charge in [0.1, 0.15) is 11.3 Å². The second-order valence-corrected chi connectivity index (χ2v) is 7.53. The molecular formula is C21H28N4O. The molecule has 0 aliphatic rings. The smallest absolute Gasteiger partial charge is 0.133 e. The summed E-state index contributed by atoms with van der Waals surface area (Å²) in [5.74, 6) is 0.915. The maximum atomic E-state index is 12.0. The number of nitrogens with zero attached hydrogens (tertiary/aromatic N) is 3. The van der Waals surface area contributed by atoms with Gasteiger partial charge in [-0.25, -0.2) is 4.98 Å². The normalized spacial score (nSPS) is 13.0. The van der Waals surface area contributed by atoms with Crippen LogP contribution in [0.1, 0.15) is 51.6 Å². The van der Waals surface area contributed by atoms with E-state index in [1.807, 2.05) is 24.5 Å². The number of ketones is 1. The number of carbonyl (C=O) groups excluding carboxylic acids is 1. The Morgan fingerprint density at radius 2 is 2.00 bits per heavy atom. The number of hydrogen-bond acceptors (Lipinski definition) is 4. The third-order valence-corrected chi connectivity index (χ3v) is 4.79. The fraction of sp³-hybridized carbons (Fsp3) is 0.476. The standard InChI is InChI=1S/C21H28N4O/c1-14(2)11-16(26)7-6-10-25-13-23-20-19(15(3)12-22)24-18-9-5-4-8-17(18)21(20)25/h4-5,8-9,13-15H,6-7,10-12,22H2,1-3H3. The predicted molar refractivity (Wildman–Crippen MR) is 106 cm³/mol. The van der Waals surface area contributed by atoms with Crippen molar-refractivity contribution in [3.8, 4) is 0 Å². The minimum absolute atomic E-state index is 0.151. The van der Waals surface area contributed by atoms with Gasteiger partial charge in [0.05, 0.1) is 23.1 Å². The Morgan fingerprint density at radius 3 is 2.73 bits per heavy atom. The Balaban J connectivity index is 1.94. The number of imidazole rings is 1. The number of nitrogens with two attached hydrogens (primary N) is 1. The van der Waals surface area contributed by atoms with E-state index in [9.17, 15) is 4.79 Å². The molecule has 1 aromatic carbocycles. The molecule has 2 aromatic heterocycles. The number of rotatable bonds is 8. The molecule has 0 spiro atoms. The monoisotopic (exact) mass is 352 g/mol. The van der Waals surface area contributed by atoms with Crippen LogP contribution in [0.3, 0.4) is 0 Å². The van der Waals surface area contributed by atoms with Crippen LogP contribution in [0.2, 0.25) is 0 Å². The number of Topliss-reactive ketones (excluding diaryl/α,β-unsaturated/α-hetero) is 1. The van der Waals surface area contributed by atoms with E-state index in [1.54, 1.807) is 0 Å². The number of carbonyl (C=O) groups is 1. The summed E-state index contributed by atoms with van der Waals surface area (Å²) in [7, 11) is 0. The molecular weight excluding hydrogens is 324 g/mol. The number of benzene rings is 1. The number of aromatic nitrogens is 3. The molecule has 1 unspecified atom stereocenters. The van der Waals surface area contributed by atoms with Crippen LogP contribution in [-0.4, -0.2) is 26.9 Å². The van der Waals surface area contributed by atoms with Gasteiger partial charge in [-0.15, -0.1) is 0 Å². The third-order valence-electron chi connectivity index (χ3n) is 4.79. The fourth-order valence-electron chi connectivity index (χ4n) is 3.43. The number of aryl methyl sites for hydroxylation is 1. The van der Waals surface area contributed by atoms with Crippen molar-refractivity contribution in [3.63, 3.8) is 0 Å². The lowest BCUT2D eigenvalue weighted by Gasteiger charge is -2.12. The molecule has 0 fully saturated rings. The zero-order valence-corrected chi connectivity index (χ0v) is 15.9. The Kier molecular flexibility index (Phi) is 5.67. The van der Waals surface area contributed by atoms with E-state index >= 15 is 0 Å². The van der Waals surface area contributed by atoms with Crippen LogP contribution in [-0.2, 0) is 11.3 Å². The molecule has 0 saturated heterocycles. The molecule has 2 N–H and O–H groups in total. The minimum Gasteiger partial charge on any atom is -0.330 e. The molecule has 3 rings (SSSR count). The first-order chi connectivity index (χ1) is 12.5. The lowest BCUT2D eigenvalue weighted by Crippen LogP contribution is -2.11. The molecule has 0 radical (unpaired) electrons. The molecule has 138 valence electrons. The van der Waals surface area contributed by atoms with Crippen molar-refractivity contribution >= 4 is 27.7 Å². The molecule has 2 heterocycles. The molecule has 0 bridgehead atoms. The highest BCUT2D eigenvalue weighted by atomic mass is 16.1. The Morgan fingerprint density at radius 1 is 1.23 bits per heavy atom. The summed E-state index contributed by atoms with van der Waals surface area (Å²) in [6.45, 7) is 7.57. The highest BCUT2D eigenvalue weighted by molar-refractivity contribution is 6.03. The summed E-state index contributed by atoms with van der Waals surface area (Å²) >= 11 is 0. The maximum absolute atomic E-state index is 12.0. The quantitative estimate of drug-likeness (QED) is 0.664. The van der Waals surface area contributed by atoms with Crippen molar-refractivity contribution in [1.82, 2.24) is 14.5 Å². The van der Waals surface area contributed by atoms with Gasteiger partial charge in [-0.05, 0) is 18.4 Å². The lowest BCUT2D eigenvalue weighted by atomic mass is 10.0. The van der Waals surface area contributed by atoms with E-state index in [0.717, 1.165) is 40.6 Å². The van der Waals surface area contributed by atoms with Gasteiger partial charge in [0.2, 0.25) is 0 Å². The van der Waals surface area contributed by atoms with Gasteiger partial charge in [0, 0.05) is 37.2 Å². The summed E-state index contributed by atoms with van der Waals surface area (Å²) in [5.41, 5.74) is 9.83. The highest BCUT2D eigenvalue weighted by Gasteiger charge is 2.17. The van der Waals surface area contributed by atoms with Crippen molar-refractivity contribution in [3.05, 3.63) is 36.3 Å². The van der Waals surface area contributed by atoms with Crippen LogP contribution in [0.5, 0.6) is 0 Å². The fourth-order valence-corrected chi connectivity index (χ4v) is 3.43. The molecule has 0 aliphatic carbocycles. The summed E-state index contributed by atoms with van der Waals surface area (Å²) in [6.07, 6.45) is 3.98. The van der Waals surface area contributed by atoms with Crippen molar-refractivity contribution in [1.29, 1.82) is 0 Å². The minimum atomic E-state index is 0.151. The van der Waals surface area contributed by atoms with Crippen LogP contribution in [0.15, 0.2) is 30.6 Å². The molecule has 1 atom stereocenters. The zero-order valence-electron chi connectivity index (χ0n) is 15.9. The first-order valence-electron chi connectivity index (χ1n) is 9.46. The van der Waals surface area contributed by atoms with Gasteiger partial charge in [-0.1, -0.05) is 39.0 Å². The number of fused-ring (bicyclic) bond motifs is 3. The highest BCUT2D eigenvalue weighted by Crippen LogP contribution is 2.29. The van der Waals surface area contributed by atoms with Gasteiger partial charge in [0.25, 0.3) is 0 Å². The van der Waals surface area contributed by atoms with Crippen molar-refractivity contribution in [2.24, 2.45) is 11.7 Å². The molecule has 0 aliphatic heterocycles. The Labute approximate surface area is 154 Å². The summed E-state index contributed by atoms with van der Waals surface area (Å²) in [4.78, 5) is 21.5. The zero-order chi connectivity index (χ0) is 18.7. The summed E-state index contributed by atoms with van der Waals surface area (Å²) in [5, 5.41) is 1.10. The van der Waals surface area contributed by atoms with E-state index in [1.165, 1.54) is 0 Å². The van der Waals surface area contributed by atoms with E-state index in [2.05, 4.69) is 36.4 Å². The summed E-state index contributed by atoms with van der Waals surface area (Å²) < 4.78 is 2.16. The van der Waals surface area contributed by atoms with Crippen LogP contribution < -0.4 is 5.73 Å². The Hall–Kier alpha value is -2.27. The van der Waals surface area contributed by atoms with E-state index in [-0.39, 0.29) is 5.92 Å². The second-order valence-electron chi connectivity index (χ2n) is 7.53. The van der Waals surface area contributed by atoms with Gasteiger partial charge < -0.3 is 10.3 Å². The SMILES string of the molecule is CC(C)CC(=O)CCCn1cnc2c(C(C)CN)nc3ccccc3c21. The van der Waals surface area contributed by atoms with E-state index in [4.69, 9.17) is 10.7 Å². The van der Waals surface area contributed by atoms with Crippen LogP contribution in [0, 0.1) is 5.92 Å². The maximum Gasteiger partial charge on any atom is 0.133 e. The van der Waals surface area contributed by atoms with Gasteiger partial charge >= 0.3 is 0 Å². The first-order valence-corrected chi connectivity index (χ1v) is 9.46. The number of pyridine rings is 1. The van der Waals surface area contributed by atoms with Gasteiger partial charge in [0.15, 0.2) is 0 Å². The molecule has 26 heavy (non-hydrogen) atoms. The van der Waals surface area contributed by atoms with E-state index in [0.29, 0.717) is 31.1 Å². The van der Waals surface area contributed by atoms with Crippen molar-refractivity contribution in [2.45, 2.75) is 52.5 Å². The van der Waals surface area contributed by atoms with E-state index < -0.39 is 0 Å². The first kappa shape index (κ1) is 18.5. The molecule has 0 saturated carbocycles. The lowest BCUT2D eigenvalue weighted by molar-refractivity contribution is -0.119. The summed E-state index contributed by atoms with van der Waals surface area (Å²) in [6, 6.07) is 8.15. The van der Waals surface area contributed by atoms with Crippen molar-refractivity contribution < 1.29 is 4.79 Å². The predicted octanol–water partition coefficient (Wildman–Crippen LogP) is 4.04. The van der Waals surface area contributed by atoms with Crippen LogP contribution in [0.4, 0.5) is 0 Å². The third kappa shape index (κ3) is 3.78. The Bertz CT molecular complexity index is 913. The van der Waals surface area contributed by atoms with Gasteiger partial charge in [-0.2, -0.15) is 0 Å². The second kappa shape index (κ2) is 7.96. The molecule has 3 aromatic rings. The van der Waals surface area contributed by atoms with Crippen LogP contribution in [0.25, 0.3) is 21.9 Å². The molecule has 5 heteroatoms. The topological polar surface area (TPSA) is 73.8 Å². The van der Waals surface area contributed by atoms with Crippen LogP contribution >= 0.6 is 0 Å². The molecule has 5 nitrogen and oxygen atoms in total.